The SMILES string of the molecule is COC1CCN(C(=O)c2ccc(I)cc2)C(CN)C1.Cl. The number of nitrogens with two attached hydrogens (primary N) is 1. The van der Waals surface area contributed by atoms with Gasteiger partial charge in [0.2, 0.25) is 0 Å². The molecule has 0 bridgehead atoms. The zero-order chi connectivity index (χ0) is 13.8. The van der Waals surface area contributed by atoms with Crippen molar-refractivity contribution < 1.29 is 9.53 Å². The van der Waals surface area contributed by atoms with Crippen LogP contribution in [0.4, 0.5) is 0 Å². The first-order chi connectivity index (χ1) is 9.15. The Morgan fingerprint density at radius 3 is 2.65 bits per heavy atom. The van der Waals surface area contributed by atoms with E-state index in [0.29, 0.717) is 13.1 Å². The molecule has 1 saturated heterocycles. The number of methoxy groups -OCH3 is 1. The van der Waals surface area contributed by atoms with E-state index in [4.69, 9.17) is 10.5 Å². The normalized spacial score (nSPS) is 22.2. The van der Waals surface area contributed by atoms with Crippen LogP contribution in [0, 0.1) is 3.57 Å². The van der Waals surface area contributed by atoms with Gasteiger partial charge < -0.3 is 15.4 Å². The van der Waals surface area contributed by atoms with Crippen molar-refractivity contribution in [1.82, 2.24) is 4.90 Å². The molecule has 6 heteroatoms. The molecule has 1 fully saturated rings. The number of amides is 1. The quantitative estimate of drug-likeness (QED) is 0.778. The zero-order valence-electron chi connectivity index (χ0n) is 11.4. The maximum atomic E-state index is 12.5. The summed E-state index contributed by atoms with van der Waals surface area (Å²) in [5.41, 5.74) is 6.53. The van der Waals surface area contributed by atoms with Crippen LogP contribution >= 0.6 is 35.0 Å². The van der Waals surface area contributed by atoms with E-state index < -0.39 is 0 Å². The van der Waals surface area contributed by atoms with Crippen LogP contribution in [-0.2, 0) is 4.74 Å². The molecule has 2 N–H and O–H groups in total. The predicted octanol–water partition coefficient (Wildman–Crippen LogP) is 2.29. The molecule has 1 aromatic rings. The van der Waals surface area contributed by atoms with Gasteiger partial charge in [0.25, 0.3) is 5.91 Å². The van der Waals surface area contributed by atoms with Crippen molar-refractivity contribution in [3.05, 3.63) is 33.4 Å². The number of rotatable bonds is 3. The van der Waals surface area contributed by atoms with Gasteiger partial charge in [0.05, 0.1) is 6.10 Å². The van der Waals surface area contributed by atoms with Crippen molar-refractivity contribution in [2.24, 2.45) is 5.73 Å². The number of piperidine rings is 1. The predicted molar refractivity (Wildman–Crippen MR) is 90.3 cm³/mol. The largest absolute Gasteiger partial charge is 0.381 e. The second-order valence-electron chi connectivity index (χ2n) is 4.78. The molecule has 1 amide bonds. The van der Waals surface area contributed by atoms with Crippen LogP contribution in [0.1, 0.15) is 23.2 Å². The minimum absolute atomic E-state index is 0. The number of carbonyl (C=O) groups is 1. The van der Waals surface area contributed by atoms with Gasteiger partial charge in [-0.05, 0) is 59.7 Å². The summed E-state index contributed by atoms with van der Waals surface area (Å²) in [4.78, 5) is 14.4. The van der Waals surface area contributed by atoms with Crippen LogP contribution in [0.3, 0.4) is 0 Å². The van der Waals surface area contributed by atoms with E-state index in [1.807, 2.05) is 29.2 Å². The molecule has 1 aromatic carbocycles. The first-order valence-corrected chi connectivity index (χ1v) is 7.53. The molecular weight excluding hydrogens is 391 g/mol. The van der Waals surface area contributed by atoms with E-state index in [1.54, 1.807) is 7.11 Å². The number of ether oxygens (including phenoxy) is 1. The molecule has 112 valence electrons. The maximum absolute atomic E-state index is 12.5. The van der Waals surface area contributed by atoms with E-state index in [2.05, 4.69) is 22.6 Å². The van der Waals surface area contributed by atoms with Gasteiger partial charge in [-0.25, -0.2) is 0 Å². The molecular formula is C14H20ClIN2O2. The summed E-state index contributed by atoms with van der Waals surface area (Å²) < 4.78 is 6.51. The number of benzene rings is 1. The van der Waals surface area contributed by atoms with Crippen molar-refractivity contribution in [1.29, 1.82) is 0 Å². The minimum Gasteiger partial charge on any atom is -0.381 e. The van der Waals surface area contributed by atoms with E-state index in [9.17, 15) is 4.79 Å². The molecule has 1 heterocycles. The molecule has 20 heavy (non-hydrogen) atoms. The number of hydrogen-bond donors (Lipinski definition) is 1. The van der Waals surface area contributed by atoms with E-state index in [0.717, 1.165) is 22.0 Å². The first-order valence-electron chi connectivity index (χ1n) is 6.45. The zero-order valence-corrected chi connectivity index (χ0v) is 14.4. The molecule has 0 spiro atoms. The maximum Gasteiger partial charge on any atom is 0.254 e. The standard InChI is InChI=1S/C14H19IN2O2.ClH/c1-19-13-6-7-17(12(8-13)9-16)14(18)10-2-4-11(15)5-3-10;/h2-5,12-13H,6-9,16H2,1H3;1H. The lowest BCUT2D eigenvalue weighted by Gasteiger charge is -2.38. The van der Waals surface area contributed by atoms with Gasteiger partial charge in [-0.15, -0.1) is 12.4 Å². The number of carbonyl (C=O) groups excluding carboxylic acids is 1. The molecule has 1 aliphatic rings. The Labute approximate surface area is 139 Å². The van der Waals surface area contributed by atoms with Crippen molar-refractivity contribution in [2.75, 3.05) is 20.2 Å². The third-order valence-corrected chi connectivity index (χ3v) is 4.34. The van der Waals surface area contributed by atoms with Crippen molar-refractivity contribution in [3.8, 4) is 0 Å². The highest BCUT2D eigenvalue weighted by Gasteiger charge is 2.31. The second-order valence-corrected chi connectivity index (χ2v) is 6.02. The second kappa shape index (κ2) is 8.17. The van der Waals surface area contributed by atoms with Crippen LogP contribution < -0.4 is 5.73 Å². The van der Waals surface area contributed by atoms with Crippen LogP contribution in [0.15, 0.2) is 24.3 Å². The molecule has 0 saturated carbocycles. The highest BCUT2D eigenvalue weighted by Crippen LogP contribution is 2.21. The minimum atomic E-state index is 0. The molecule has 2 rings (SSSR count). The lowest BCUT2D eigenvalue weighted by Crippen LogP contribution is -2.51. The van der Waals surface area contributed by atoms with Crippen LogP contribution in [-0.4, -0.2) is 43.2 Å². The summed E-state index contributed by atoms with van der Waals surface area (Å²) >= 11 is 2.23. The summed E-state index contributed by atoms with van der Waals surface area (Å²) in [6.45, 7) is 1.20. The van der Waals surface area contributed by atoms with Gasteiger partial charge in [-0.1, -0.05) is 0 Å². The van der Waals surface area contributed by atoms with Gasteiger partial charge >= 0.3 is 0 Å². The van der Waals surface area contributed by atoms with Crippen molar-refractivity contribution in [2.45, 2.75) is 25.0 Å². The summed E-state index contributed by atoms with van der Waals surface area (Å²) in [6.07, 6.45) is 1.92. The summed E-state index contributed by atoms with van der Waals surface area (Å²) in [5, 5.41) is 0. The van der Waals surface area contributed by atoms with E-state index >= 15 is 0 Å². The third-order valence-electron chi connectivity index (χ3n) is 3.63. The topological polar surface area (TPSA) is 55.6 Å². The third kappa shape index (κ3) is 4.07. The summed E-state index contributed by atoms with van der Waals surface area (Å²) in [6, 6.07) is 7.73. The summed E-state index contributed by atoms with van der Waals surface area (Å²) in [7, 11) is 1.72. The molecule has 2 unspecified atom stereocenters. The molecule has 4 nitrogen and oxygen atoms in total. The molecule has 2 atom stereocenters. The lowest BCUT2D eigenvalue weighted by atomic mass is 9.98. The monoisotopic (exact) mass is 410 g/mol. The Bertz CT molecular complexity index is 441. The molecule has 1 aliphatic heterocycles. The van der Waals surface area contributed by atoms with Crippen molar-refractivity contribution >= 4 is 40.9 Å². The molecule has 0 radical (unpaired) electrons. The van der Waals surface area contributed by atoms with Gasteiger partial charge in [0.1, 0.15) is 0 Å². The fourth-order valence-electron chi connectivity index (χ4n) is 2.48. The Balaban J connectivity index is 0.00000200. The summed E-state index contributed by atoms with van der Waals surface area (Å²) in [5.74, 6) is 0.0707. The van der Waals surface area contributed by atoms with Crippen molar-refractivity contribution in [3.63, 3.8) is 0 Å². The number of likely N-dealkylation sites (tertiary alicyclic amines) is 1. The number of halogens is 2. The van der Waals surface area contributed by atoms with Gasteiger partial charge in [-0.3, -0.25) is 4.79 Å². The lowest BCUT2D eigenvalue weighted by molar-refractivity contribution is 0.0139. The first kappa shape index (κ1) is 17.7. The number of nitrogens with zero attached hydrogens (tertiary/aromatic N) is 1. The van der Waals surface area contributed by atoms with Crippen LogP contribution in [0.25, 0.3) is 0 Å². The van der Waals surface area contributed by atoms with E-state index in [-0.39, 0.29) is 30.5 Å². The van der Waals surface area contributed by atoms with Gasteiger partial charge in [0.15, 0.2) is 0 Å². The molecule has 0 aliphatic carbocycles. The van der Waals surface area contributed by atoms with Crippen LogP contribution in [0.5, 0.6) is 0 Å². The highest BCUT2D eigenvalue weighted by molar-refractivity contribution is 14.1. The average Bonchev–Trinajstić information content (AvgIpc) is 2.46. The van der Waals surface area contributed by atoms with E-state index in [1.165, 1.54) is 0 Å². The Hall–Kier alpha value is -0.370. The number of hydrogen-bond acceptors (Lipinski definition) is 3. The smallest absolute Gasteiger partial charge is 0.254 e. The fourth-order valence-corrected chi connectivity index (χ4v) is 2.84. The fraction of sp³-hybridized carbons (Fsp3) is 0.500. The van der Waals surface area contributed by atoms with Crippen LogP contribution in [0.2, 0.25) is 0 Å². The Morgan fingerprint density at radius 1 is 1.45 bits per heavy atom. The highest BCUT2D eigenvalue weighted by atomic mass is 127. The Morgan fingerprint density at radius 2 is 2.10 bits per heavy atom. The Kier molecular flexibility index (Phi) is 7.22. The van der Waals surface area contributed by atoms with Gasteiger partial charge in [-0.2, -0.15) is 0 Å². The van der Waals surface area contributed by atoms with Gasteiger partial charge in [0, 0.05) is 35.4 Å². The average molecular weight is 411 g/mol. The molecule has 0 aromatic heterocycles.